The lowest BCUT2D eigenvalue weighted by Crippen LogP contribution is -2.53. The number of fused-ring (bicyclic) bond motifs is 4. The first-order valence-corrected chi connectivity index (χ1v) is 17.3. The van der Waals surface area contributed by atoms with E-state index < -0.39 is 35.0 Å². The van der Waals surface area contributed by atoms with Gasteiger partial charge in [0.15, 0.2) is 0 Å². The largest absolute Gasteiger partial charge is 0.507 e. The lowest BCUT2D eigenvalue weighted by molar-refractivity contribution is -0.142. The average molecular weight is 666 g/mol. The van der Waals surface area contributed by atoms with Gasteiger partial charge in [0.05, 0.1) is 35.4 Å². The number of imide groups is 2. The lowest BCUT2D eigenvalue weighted by atomic mass is 9.49. The van der Waals surface area contributed by atoms with E-state index in [0.29, 0.717) is 28.8 Å². The molecule has 6 atom stereocenters. The van der Waals surface area contributed by atoms with Crippen LogP contribution < -0.4 is 5.43 Å². The number of nitrogens with zero attached hydrogens (tertiary/aromatic N) is 2. The highest BCUT2D eigenvalue weighted by atomic mass is 16.3. The second kappa shape index (κ2) is 11.8. The Bertz CT molecular complexity index is 2050. The molecule has 4 aliphatic rings. The molecule has 0 spiro atoms. The van der Waals surface area contributed by atoms with Gasteiger partial charge < -0.3 is 5.11 Å². The van der Waals surface area contributed by atoms with Crippen LogP contribution in [0.4, 0.5) is 5.69 Å². The number of hydrazine groups is 1. The third-order valence-electron chi connectivity index (χ3n) is 11.5. The van der Waals surface area contributed by atoms with Crippen LogP contribution in [0.15, 0.2) is 109 Å². The highest BCUT2D eigenvalue weighted by Crippen LogP contribution is 2.64. The van der Waals surface area contributed by atoms with Crippen LogP contribution in [0.2, 0.25) is 0 Å². The minimum Gasteiger partial charge on any atom is -0.507 e. The van der Waals surface area contributed by atoms with Gasteiger partial charge in [-0.15, -0.1) is 0 Å². The first-order chi connectivity index (χ1) is 24.1. The van der Waals surface area contributed by atoms with Crippen molar-refractivity contribution in [1.29, 1.82) is 0 Å². The summed E-state index contributed by atoms with van der Waals surface area (Å²) in [5.41, 5.74) is 8.04. The summed E-state index contributed by atoms with van der Waals surface area (Å²) in [6.07, 6.45) is 2.67. The smallest absolute Gasteiger partial charge is 0.260 e. The van der Waals surface area contributed by atoms with Crippen molar-refractivity contribution in [2.75, 3.05) is 5.43 Å². The predicted octanol–water partition coefficient (Wildman–Crippen LogP) is 6.50. The van der Waals surface area contributed by atoms with Crippen molar-refractivity contribution in [3.8, 4) is 5.75 Å². The van der Waals surface area contributed by atoms with Crippen LogP contribution in [0.1, 0.15) is 52.1 Å². The molecule has 0 unspecified atom stereocenters. The molecular formula is C42H39N3O5. The minimum atomic E-state index is -1.35. The summed E-state index contributed by atoms with van der Waals surface area (Å²) in [7, 11) is 0. The zero-order chi connectivity index (χ0) is 34.9. The molecule has 50 heavy (non-hydrogen) atoms. The van der Waals surface area contributed by atoms with Crippen molar-refractivity contribution in [2.24, 2.45) is 23.7 Å². The summed E-state index contributed by atoms with van der Waals surface area (Å²) in [6.45, 7) is 5.82. The number of nitrogens with one attached hydrogen (secondary N) is 1. The van der Waals surface area contributed by atoms with Crippen molar-refractivity contribution in [2.45, 2.75) is 51.5 Å². The number of rotatable bonds is 6. The predicted molar refractivity (Wildman–Crippen MR) is 188 cm³/mol. The van der Waals surface area contributed by atoms with Crippen LogP contribution in [-0.4, -0.2) is 38.6 Å². The van der Waals surface area contributed by atoms with E-state index in [-0.39, 0.29) is 42.3 Å². The van der Waals surface area contributed by atoms with E-state index in [0.717, 1.165) is 22.3 Å². The Labute approximate surface area is 291 Å². The van der Waals surface area contributed by atoms with Gasteiger partial charge in [0.1, 0.15) is 5.75 Å². The van der Waals surface area contributed by atoms with E-state index in [1.807, 2.05) is 118 Å². The number of likely N-dealkylation sites (tertiary alicyclic amines) is 1. The van der Waals surface area contributed by atoms with Gasteiger partial charge in [0.2, 0.25) is 11.8 Å². The van der Waals surface area contributed by atoms with Gasteiger partial charge >= 0.3 is 0 Å². The zero-order valence-electron chi connectivity index (χ0n) is 28.3. The molecule has 2 heterocycles. The molecule has 2 N–H and O–H groups in total. The van der Waals surface area contributed by atoms with Crippen molar-refractivity contribution in [3.63, 3.8) is 0 Å². The molecule has 4 aromatic carbocycles. The fraction of sp³-hybridized carbons (Fsp3) is 0.286. The molecule has 4 aromatic rings. The van der Waals surface area contributed by atoms with Crippen molar-refractivity contribution in [1.82, 2.24) is 9.91 Å². The first-order valence-electron chi connectivity index (χ1n) is 17.3. The van der Waals surface area contributed by atoms with Gasteiger partial charge in [-0.05, 0) is 79.5 Å². The van der Waals surface area contributed by atoms with Crippen LogP contribution in [0.25, 0.3) is 0 Å². The van der Waals surface area contributed by atoms with Crippen molar-refractivity contribution < 1.29 is 24.3 Å². The van der Waals surface area contributed by atoms with Crippen LogP contribution >= 0.6 is 0 Å². The average Bonchev–Trinajstić information content (AvgIpc) is 3.49. The minimum absolute atomic E-state index is 0.175. The topological polar surface area (TPSA) is 107 Å². The molecule has 2 saturated heterocycles. The summed E-state index contributed by atoms with van der Waals surface area (Å²) < 4.78 is 0. The number of aromatic hydroxyl groups is 1. The standard InChI is InChI=1S/C42H39N3O5/c1-24-14-16-30(17-15-24)43-45-39(48)34-22-33-31(18-19-32-35(33)40(49)44(38(32)47)23-27-10-6-4-7-11-27)36(28-20-25(2)37(46)26(3)21-28)42(34,41(45)50)29-12-8-5-9-13-29/h4-18,20-21,32-36,43,46H,19,22-23H2,1-3H3/t32-,33+,34-,35-,36-,42+/m0/s1. The van der Waals surface area contributed by atoms with Crippen LogP contribution in [0.3, 0.4) is 0 Å². The number of phenols is 1. The van der Waals surface area contributed by atoms with Crippen LogP contribution in [-0.2, 0) is 31.1 Å². The molecule has 8 rings (SSSR count). The number of carbonyl (C=O) groups excluding carboxylic acids is 4. The summed E-state index contributed by atoms with van der Waals surface area (Å²) in [5.74, 6) is -4.08. The SMILES string of the molecule is Cc1ccc(NN2C(=O)[C@@H]3C[C@@H]4C(=CC[C@@H]5C(=O)N(Cc6ccccc6)C(=O)[C@@H]54)[C@H](c4cc(C)c(O)c(C)c4)[C@]3(c3ccccc3)C2=O)cc1. The molecule has 8 heteroatoms. The third-order valence-corrected chi connectivity index (χ3v) is 11.5. The van der Waals surface area contributed by atoms with E-state index >= 15 is 4.79 Å². The quantitative estimate of drug-likeness (QED) is 0.180. The van der Waals surface area contributed by atoms with E-state index in [1.165, 1.54) is 9.91 Å². The number of allylic oxidation sites excluding steroid dienone is 2. The van der Waals surface area contributed by atoms with E-state index in [9.17, 15) is 19.5 Å². The summed E-state index contributed by atoms with van der Waals surface area (Å²) in [6, 6.07) is 30.3. The second-order valence-electron chi connectivity index (χ2n) is 14.3. The van der Waals surface area contributed by atoms with Gasteiger partial charge in [0, 0.05) is 5.92 Å². The fourth-order valence-electron chi connectivity index (χ4n) is 9.27. The Hall–Kier alpha value is -5.50. The number of hydrogen-bond donors (Lipinski definition) is 2. The summed E-state index contributed by atoms with van der Waals surface area (Å²) >= 11 is 0. The summed E-state index contributed by atoms with van der Waals surface area (Å²) in [5, 5.41) is 12.0. The second-order valence-corrected chi connectivity index (χ2v) is 14.3. The summed E-state index contributed by atoms with van der Waals surface area (Å²) in [4.78, 5) is 59.8. The Kier molecular flexibility index (Phi) is 7.51. The molecule has 0 aromatic heterocycles. The molecule has 252 valence electrons. The Morgan fingerprint density at radius 3 is 2.08 bits per heavy atom. The number of benzene rings is 4. The Morgan fingerprint density at radius 2 is 1.42 bits per heavy atom. The maximum Gasteiger partial charge on any atom is 0.260 e. The number of hydrogen-bond acceptors (Lipinski definition) is 6. The lowest BCUT2D eigenvalue weighted by Gasteiger charge is -2.50. The number of carbonyl (C=O) groups is 4. The normalized spacial score (nSPS) is 27.2. The van der Waals surface area contributed by atoms with Crippen LogP contribution in [0.5, 0.6) is 5.75 Å². The maximum absolute atomic E-state index is 15.3. The first kappa shape index (κ1) is 31.7. The fourth-order valence-corrected chi connectivity index (χ4v) is 9.27. The van der Waals surface area contributed by atoms with Crippen LogP contribution in [0, 0.1) is 44.4 Å². The number of amides is 4. The van der Waals surface area contributed by atoms with Crippen molar-refractivity contribution >= 4 is 29.3 Å². The highest BCUT2D eigenvalue weighted by molar-refractivity contribution is 6.13. The van der Waals surface area contributed by atoms with E-state index in [4.69, 9.17) is 0 Å². The molecule has 8 nitrogen and oxygen atoms in total. The third kappa shape index (κ3) is 4.65. The number of anilines is 1. The molecule has 3 fully saturated rings. The molecule has 4 amide bonds. The molecule has 2 aliphatic heterocycles. The van der Waals surface area contributed by atoms with Crippen molar-refractivity contribution in [3.05, 3.63) is 142 Å². The molecule has 0 radical (unpaired) electrons. The Balaban J connectivity index is 1.31. The van der Waals surface area contributed by atoms with E-state index in [2.05, 4.69) is 11.5 Å². The molecule has 1 saturated carbocycles. The van der Waals surface area contributed by atoms with E-state index in [1.54, 1.807) is 0 Å². The van der Waals surface area contributed by atoms with Gasteiger partial charge in [-0.1, -0.05) is 102 Å². The monoisotopic (exact) mass is 665 g/mol. The zero-order valence-corrected chi connectivity index (χ0v) is 28.3. The molecule has 0 bridgehead atoms. The Morgan fingerprint density at radius 1 is 0.780 bits per heavy atom. The maximum atomic E-state index is 15.3. The molecule has 2 aliphatic carbocycles. The van der Waals surface area contributed by atoms with Gasteiger partial charge in [0.25, 0.3) is 11.8 Å². The number of phenolic OH excluding ortho intramolecular Hbond substituents is 1. The van der Waals surface area contributed by atoms with Gasteiger partial charge in [-0.2, -0.15) is 5.01 Å². The molecular weight excluding hydrogens is 626 g/mol. The number of aryl methyl sites for hydroxylation is 3. The highest BCUT2D eigenvalue weighted by Gasteiger charge is 2.70. The van der Waals surface area contributed by atoms with Gasteiger partial charge in [-0.3, -0.25) is 29.5 Å². The van der Waals surface area contributed by atoms with Gasteiger partial charge in [-0.25, -0.2) is 0 Å².